The van der Waals surface area contributed by atoms with Crippen molar-refractivity contribution in [2.45, 2.75) is 43.3 Å². The number of para-hydroxylation sites is 1. The number of aromatic amines is 1. The molecule has 4 aromatic rings. The SMILES string of the molecule is CC(C)(N)CC(=O)N[C@@H]1CS(=O)(=O)c2ccccc2N(Cc2ccc(-c3ccccc3-c3nn[nH]n3)cc2)C1=O. The summed E-state index contributed by atoms with van der Waals surface area (Å²) in [5, 5.41) is 16.9. The minimum atomic E-state index is -3.87. The maximum absolute atomic E-state index is 13.8. The number of tetrazole rings is 1. The lowest BCUT2D eigenvalue weighted by molar-refractivity contribution is -0.127. The molecule has 0 spiro atoms. The Kier molecular flexibility index (Phi) is 7.21. The molecule has 0 radical (unpaired) electrons. The van der Waals surface area contributed by atoms with E-state index in [0.717, 1.165) is 22.3 Å². The molecule has 12 heteroatoms. The number of amides is 2. The average molecular weight is 560 g/mol. The van der Waals surface area contributed by atoms with Crippen LogP contribution in [0.2, 0.25) is 0 Å². The summed E-state index contributed by atoms with van der Waals surface area (Å²) in [6, 6.07) is 20.4. The standard InChI is InChI=1S/C28H29N7O4S/c1-28(2,29)15-25(36)30-22-17-40(38,39)24-10-6-5-9-23(24)35(27(22)37)16-18-11-13-19(14-12-18)20-7-3-4-8-21(20)26-31-33-34-32-26/h3-14,22H,15-17,29H2,1-2H3,(H,30,36)(H,31,32,33,34)/t22-/m1/s1. The predicted molar refractivity (Wildman–Crippen MR) is 150 cm³/mol. The average Bonchev–Trinajstić information content (AvgIpc) is 3.43. The quantitative estimate of drug-likeness (QED) is 0.311. The summed E-state index contributed by atoms with van der Waals surface area (Å²) in [6.07, 6.45) is -0.0590. The van der Waals surface area contributed by atoms with Crippen LogP contribution in [0.15, 0.2) is 77.7 Å². The number of nitrogens with one attached hydrogen (secondary N) is 2. The molecule has 2 amide bonds. The lowest BCUT2D eigenvalue weighted by atomic mass is 9.98. The Morgan fingerprint density at radius 3 is 2.40 bits per heavy atom. The van der Waals surface area contributed by atoms with Gasteiger partial charge in [0.15, 0.2) is 9.84 Å². The number of H-pyrrole nitrogens is 1. The Bertz CT molecular complexity index is 1650. The summed E-state index contributed by atoms with van der Waals surface area (Å²) in [7, 11) is -3.87. The fourth-order valence-electron chi connectivity index (χ4n) is 4.73. The van der Waals surface area contributed by atoms with Crippen LogP contribution < -0.4 is 16.0 Å². The summed E-state index contributed by atoms with van der Waals surface area (Å²) in [5.74, 6) is -1.07. The molecule has 1 aliphatic heterocycles. The molecule has 5 rings (SSSR count). The van der Waals surface area contributed by atoms with Gasteiger partial charge < -0.3 is 16.0 Å². The summed E-state index contributed by atoms with van der Waals surface area (Å²) < 4.78 is 26.5. The monoisotopic (exact) mass is 559 g/mol. The highest BCUT2D eigenvalue weighted by molar-refractivity contribution is 7.91. The fourth-order valence-corrected chi connectivity index (χ4v) is 6.36. The van der Waals surface area contributed by atoms with Gasteiger partial charge in [0, 0.05) is 17.5 Å². The molecule has 2 heterocycles. The van der Waals surface area contributed by atoms with E-state index in [1.807, 2.05) is 48.5 Å². The smallest absolute Gasteiger partial charge is 0.250 e. The number of hydrogen-bond acceptors (Lipinski definition) is 8. The Labute approximate surface area is 231 Å². The number of rotatable bonds is 7. The number of aromatic nitrogens is 4. The number of fused-ring (bicyclic) bond motifs is 1. The van der Waals surface area contributed by atoms with E-state index in [9.17, 15) is 18.0 Å². The van der Waals surface area contributed by atoms with Crippen LogP contribution in [-0.2, 0) is 26.0 Å². The lowest BCUT2D eigenvalue weighted by Gasteiger charge is -2.26. The maximum atomic E-state index is 13.8. The summed E-state index contributed by atoms with van der Waals surface area (Å²) in [4.78, 5) is 27.9. The first kappa shape index (κ1) is 27.2. The van der Waals surface area contributed by atoms with Gasteiger partial charge in [0.1, 0.15) is 6.04 Å². The molecule has 0 unspecified atom stereocenters. The van der Waals surface area contributed by atoms with Gasteiger partial charge in [-0.25, -0.2) is 8.42 Å². The van der Waals surface area contributed by atoms with E-state index in [4.69, 9.17) is 5.73 Å². The van der Waals surface area contributed by atoms with Gasteiger partial charge in [0.25, 0.3) is 5.91 Å². The molecule has 206 valence electrons. The second-order valence-corrected chi connectivity index (χ2v) is 12.4. The Balaban J connectivity index is 1.46. The van der Waals surface area contributed by atoms with Crippen LogP contribution >= 0.6 is 0 Å². The van der Waals surface area contributed by atoms with Crippen molar-refractivity contribution in [1.29, 1.82) is 0 Å². The van der Waals surface area contributed by atoms with Crippen molar-refractivity contribution in [3.63, 3.8) is 0 Å². The van der Waals surface area contributed by atoms with Crippen LogP contribution in [0.5, 0.6) is 0 Å². The third-order valence-electron chi connectivity index (χ3n) is 6.51. The van der Waals surface area contributed by atoms with E-state index < -0.39 is 39.0 Å². The number of anilines is 1. The van der Waals surface area contributed by atoms with Gasteiger partial charge in [-0.3, -0.25) is 9.59 Å². The highest BCUT2D eigenvalue weighted by atomic mass is 32.2. The van der Waals surface area contributed by atoms with Crippen molar-refractivity contribution >= 4 is 27.3 Å². The van der Waals surface area contributed by atoms with E-state index in [-0.39, 0.29) is 23.5 Å². The van der Waals surface area contributed by atoms with Crippen LogP contribution in [-0.4, -0.2) is 58.2 Å². The molecule has 11 nitrogen and oxygen atoms in total. The topological polar surface area (TPSA) is 164 Å². The molecular weight excluding hydrogens is 530 g/mol. The summed E-state index contributed by atoms with van der Waals surface area (Å²) >= 11 is 0. The van der Waals surface area contributed by atoms with Gasteiger partial charge in [0.05, 0.1) is 22.9 Å². The van der Waals surface area contributed by atoms with Crippen LogP contribution in [0, 0.1) is 0 Å². The fraction of sp³-hybridized carbons (Fsp3) is 0.250. The zero-order chi connectivity index (χ0) is 28.5. The largest absolute Gasteiger partial charge is 0.343 e. The van der Waals surface area contributed by atoms with Crippen LogP contribution in [0.25, 0.3) is 22.5 Å². The summed E-state index contributed by atoms with van der Waals surface area (Å²) in [6.45, 7) is 3.47. The normalized spacial score (nSPS) is 16.7. The van der Waals surface area contributed by atoms with E-state index in [2.05, 4.69) is 25.9 Å². The highest BCUT2D eigenvalue weighted by Gasteiger charge is 2.38. The van der Waals surface area contributed by atoms with E-state index in [1.165, 1.54) is 11.0 Å². The Morgan fingerprint density at radius 1 is 1.05 bits per heavy atom. The number of nitrogens with two attached hydrogens (primary N) is 1. The molecule has 1 aromatic heterocycles. The van der Waals surface area contributed by atoms with E-state index in [1.54, 1.807) is 32.0 Å². The molecule has 1 aliphatic rings. The maximum Gasteiger partial charge on any atom is 0.250 e. The Morgan fingerprint density at radius 2 is 1.73 bits per heavy atom. The van der Waals surface area contributed by atoms with Crippen molar-refractivity contribution in [3.8, 4) is 22.5 Å². The van der Waals surface area contributed by atoms with Gasteiger partial charge in [-0.05, 0) is 47.9 Å². The molecule has 4 N–H and O–H groups in total. The molecule has 0 fully saturated rings. The zero-order valence-corrected chi connectivity index (χ0v) is 22.9. The number of hydrogen-bond donors (Lipinski definition) is 3. The number of benzene rings is 3. The Hall–Kier alpha value is -4.42. The minimum Gasteiger partial charge on any atom is -0.343 e. The van der Waals surface area contributed by atoms with Crippen molar-refractivity contribution in [2.24, 2.45) is 5.73 Å². The minimum absolute atomic E-state index is 0.0462. The van der Waals surface area contributed by atoms with E-state index >= 15 is 0 Å². The summed E-state index contributed by atoms with van der Waals surface area (Å²) in [5.41, 5.74) is 8.82. The molecule has 3 aromatic carbocycles. The number of nitrogens with zero attached hydrogens (tertiary/aromatic N) is 4. The van der Waals surface area contributed by atoms with Gasteiger partial charge in [-0.15, -0.1) is 10.2 Å². The second-order valence-electron chi connectivity index (χ2n) is 10.4. The van der Waals surface area contributed by atoms with Crippen molar-refractivity contribution in [2.75, 3.05) is 10.7 Å². The van der Waals surface area contributed by atoms with Crippen LogP contribution in [0.1, 0.15) is 25.8 Å². The third-order valence-corrected chi connectivity index (χ3v) is 8.30. The van der Waals surface area contributed by atoms with E-state index in [0.29, 0.717) is 5.82 Å². The van der Waals surface area contributed by atoms with Gasteiger partial charge in [-0.1, -0.05) is 60.7 Å². The molecule has 0 bridgehead atoms. The van der Waals surface area contributed by atoms with Gasteiger partial charge >= 0.3 is 0 Å². The van der Waals surface area contributed by atoms with Crippen LogP contribution in [0.4, 0.5) is 5.69 Å². The molecule has 0 aliphatic carbocycles. The third kappa shape index (κ3) is 5.77. The number of sulfone groups is 1. The van der Waals surface area contributed by atoms with Crippen molar-refractivity contribution in [1.82, 2.24) is 25.9 Å². The van der Waals surface area contributed by atoms with Crippen molar-refractivity contribution in [3.05, 3.63) is 78.4 Å². The highest BCUT2D eigenvalue weighted by Crippen LogP contribution is 2.33. The molecule has 1 atom stereocenters. The first-order valence-corrected chi connectivity index (χ1v) is 14.3. The molecule has 40 heavy (non-hydrogen) atoms. The molecular formula is C28H29N7O4S. The van der Waals surface area contributed by atoms with Crippen LogP contribution in [0.3, 0.4) is 0 Å². The zero-order valence-electron chi connectivity index (χ0n) is 22.0. The van der Waals surface area contributed by atoms with Gasteiger partial charge in [0.2, 0.25) is 11.7 Å². The lowest BCUT2D eigenvalue weighted by Crippen LogP contribution is -2.52. The number of carbonyl (C=O) groups is 2. The first-order valence-electron chi connectivity index (χ1n) is 12.7. The number of carbonyl (C=O) groups excluding carboxylic acids is 2. The predicted octanol–water partition coefficient (Wildman–Crippen LogP) is 2.47. The first-order chi connectivity index (χ1) is 19.0. The second kappa shape index (κ2) is 10.6. The molecule has 0 saturated carbocycles. The van der Waals surface area contributed by atoms with Gasteiger partial charge in [-0.2, -0.15) is 5.21 Å². The molecule has 0 saturated heterocycles. The van der Waals surface area contributed by atoms with Crippen molar-refractivity contribution < 1.29 is 18.0 Å².